The largest absolute Gasteiger partial charge is 0.350 e. The average molecular weight is 363 g/mol. The van der Waals surface area contributed by atoms with Crippen LogP contribution >= 0.6 is 0 Å². The molecule has 3 aromatic rings. The van der Waals surface area contributed by atoms with Crippen molar-refractivity contribution in [2.45, 2.75) is 25.8 Å². The fourth-order valence-corrected chi connectivity index (χ4v) is 3.62. The molecular formula is C21H25N5O. The van der Waals surface area contributed by atoms with Gasteiger partial charge in [-0.1, -0.05) is 25.1 Å². The normalized spacial score (nSPS) is 16.6. The Morgan fingerprint density at radius 1 is 1.26 bits per heavy atom. The van der Waals surface area contributed by atoms with Crippen molar-refractivity contribution in [1.29, 1.82) is 0 Å². The molecule has 6 heteroatoms. The summed E-state index contributed by atoms with van der Waals surface area (Å²) in [5.74, 6) is 0.0762. The lowest BCUT2D eigenvalue weighted by atomic mass is 10.2. The molecule has 1 amide bonds. The molecular weight excluding hydrogens is 338 g/mol. The predicted molar refractivity (Wildman–Crippen MR) is 106 cm³/mol. The van der Waals surface area contributed by atoms with Gasteiger partial charge in [0.15, 0.2) is 0 Å². The lowest BCUT2D eigenvalue weighted by Gasteiger charge is -2.27. The lowest BCUT2D eigenvalue weighted by molar-refractivity contribution is 0.0687. The summed E-state index contributed by atoms with van der Waals surface area (Å²) in [6.45, 7) is 4.75. The van der Waals surface area contributed by atoms with Crippen LogP contribution in [-0.4, -0.2) is 51.2 Å². The first-order valence-corrected chi connectivity index (χ1v) is 9.57. The van der Waals surface area contributed by atoms with E-state index in [4.69, 9.17) is 0 Å². The summed E-state index contributed by atoms with van der Waals surface area (Å²) in [6.07, 6.45) is 5.76. The fraction of sp³-hybridized carbons (Fsp3) is 0.333. The van der Waals surface area contributed by atoms with Crippen LogP contribution in [0.2, 0.25) is 0 Å². The van der Waals surface area contributed by atoms with Gasteiger partial charge in [0.05, 0.1) is 11.9 Å². The van der Waals surface area contributed by atoms with Crippen molar-refractivity contribution in [3.8, 4) is 16.9 Å². The number of nitrogens with one attached hydrogen (secondary N) is 2. The number of benzene rings is 1. The van der Waals surface area contributed by atoms with Crippen LogP contribution in [0.5, 0.6) is 0 Å². The molecule has 140 valence electrons. The molecule has 1 atom stereocenters. The Hall–Kier alpha value is -2.86. The predicted octanol–water partition coefficient (Wildman–Crippen LogP) is 3.08. The number of aromatic nitrogens is 3. The van der Waals surface area contributed by atoms with Crippen LogP contribution < -0.4 is 5.32 Å². The van der Waals surface area contributed by atoms with Gasteiger partial charge in [-0.25, -0.2) is 4.68 Å². The van der Waals surface area contributed by atoms with Crippen LogP contribution in [0.25, 0.3) is 16.9 Å². The van der Waals surface area contributed by atoms with Crippen LogP contribution in [0.1, 0.15) is 30.3 Å². The first-order chi connectivity index (χ1) is 13.3. The van der Waals surface area contributed by atoms with Gasteiger partial charge in [-0.05, 0) is 43.7 Å². The number of carbonyl (C=O) groups excluding carboxylic acids is 1. The van der Waals surface area contributed by atoms with Crippen molar-refractivity contribution in [3.63, 3.8) is 0 Å². The first-order valence-electron chi connectivity index (χ1n) is 9.57. The number of rotatable bonds is 6. The highest BCUT2D eigenvalue weighted by molar-refractivity contribution is 5.93. The van der Waals surface area contributed by atoms with E-state index in [0.29, 0.717) is 5.69 Å². The summed E-state index contributed by atoms with van der Waals surface area (Å²) in [5.41, 5.74) is 3.51. The molecule has 3 heterocycles. The standard InChI is InChI=1S/C21H25N5O/c1-2-12-25(18-10-11-22-14-18)21(27)20-9-8-19(24-20)16-13-23-26(15-16)17-6-4-3-5-7-17/h3-9,13,15,18,22,24H,2,10-12,14H2,1H3/t18-/m1/s1. The quantitative estimate of drug-likeness (QED) is 0.707. The first kappa shape index (κ1) is 17.5. The highest BCUT2D eigenvalue weighted by Crippen LogP contribution is 2.21. The number of H-pyrrole nitrogens is 1. The number of para-hydroxylation sites is 1. The SMILES string of the molecule is CCCN(C(=O)c1ccc(-c2cnn(-c3ccccc3)c2)[nH]1)[C@@H]1CCNC1. The van der Waals surface area contributed by atoms with Gasteiger partial charge in [-0.3, -0.25) is 4.79 Å². The summed E-state index contributed by atoms with van der Waals surface area (Å²) < 4.78 is 1.84. The molecule has 2 aromatic heterocycles. The van der Waals surface area contributed by atoms with Gasteiger partial charge < -0.3 is 15.2 Å². The third-order valence-corrected chi connectivity index (χ3v) is 5.03. The van der Waals surface area contributed by atoms with E-state index in [0.717, 1.165) is 49.4 Å². The van der Waals surface area contributed by atoms with Crippen LogP contribution in [0.3, 0.4) is 0 Å². The third kappa shape index (κ3) is 3.66. The fourth-order valence-electron chi connectivity index (χ4n) is 3.62. The number of hydrogen-bond acceptors (Lipinski definition) is 3. The second kappa shape index (κ2) is 7.80. The van der Waals surface area contributed by atoms with E-state index >= 15 is 0 Å². The molecule has 1 aromatic carbocycles. The van der Waals surface area contributed by atoms with Crippen molar-refractivity contribution in [2.75, 3.05) is 19.6 Å². The molecule has 4 rings (SSSR count). The Labute approximate surface area is 159 Å². The van der Waals surface area contributed by atoms with Crippen molar-refractivity contribution >= 4 is 5.91 Å². The lowest BCUT2D eigenvalue weighted by Crippen LogP contribution is -2.42. The zero-order chi connectivity index (χ0) is 18.6. The van der Waals surface area contributed by atoms with Gasteiger partial charge in [-0.15, -0.1) is 0 Å². The zero-order valence-electron chi connectivity index (χ0n) is 15.6. The molecule has 1 fully saturated rings. The van der Waals surface area contributed by atoms with E-state index in [2.05, 4.69) is 22.3 Å². The van der Waals surface area contributed by atoms with E-state index < -0.39 is 0 Å². The maximum atomic E-state index is 13.0. The summed E-state index contributed by atoms with van der Waals surface area (Å²) in [6, 6.07) is 14.1. The van der Waals surface area contributed by atoms with Crippen LogP contribution in [0.15, 0.2) is 54.9 Å². The number of amides is 1. The molecule has 6 nitrogen and oxygen atoms in total. The van der Waals surface area contributed by atoms with E-state index in [9.17, 15) is 4.79 Å². The Bertz CT molecular complexity index is 892. The van der Waals surface area contributed by atoms with Gasteiger partial charge in [-0.2, -0.15) is 5.10 Å². The average Bonchev–Trinajstić information content (AvgIpc) is 3.47. The third-order valence-electron chi connectivity index (χ3n) is 5.03. The number of aromatic amines is 1. The van der Waals surface area contributed by atoms with Gasteiger partial charge in [0.1, 0.15) is 5.69 Å². The molecule has 0 radical (unpaired) electrons. The molecule has 0 spiro atoms. The summed E-state index contributed by atoms with van der Waals surface area (Å²) in [7, 11) is 0. The second-order valence-corrected chi connectivity index (χ2v) is 6.94. The van der Waals surface area contributed by atoms with Gasteiger partial charge in [0.25, 0.3) is 5.91 Å². The van der Waals surface area contributed by atoms with Gasteiger partial charge >= 0.3 is 0 Å². The summed E-state index contributed by atoms with van der Waals surface area (Å²) in [5, 5.41) is 7.79. The molecule has 27 heavy (non-hydrogen) atoms. The molecule has 0 unspecified atom stereocenters. The monoisotopic (exact) mass is 363 g/mol. The number of nitrogens with zero attached hydrogens (tertiary/aromatic N) is 3. The minimum absolute atomic E-state index is 0.0762. The summed E-state index contributed by atoms with van der Waals surface area (Å²) >= 11 is 0. The topological polar surface area (TPSA) is 66.0 Å². The zero-order valence-corrected chi connectivity index (χ0v) is 15.6. The van der Waals surface area contributed by atoms with E-state index in [1.165, 1.54) is 0 Å². The Kier molecular flexibility index (Phi) is 5.07. The van der Waals surface area contributed by atoms with Crippen molar-refractivity contribution in [1.82, 2.24) is 25.0 Å². The molecule has 0 saturated carbocycles. The minimum atomic E-state index is 0.0762. The van der Waals surface area contributed by atoms with Crippen LogP contribution in [-0.2, 0) is 0 Å². The summed E-state index contributed by atoms with van der Waals surface area (Å²) in [4.78, 5) is 18.3. The molecule has 0 aliphatic carbocycles. The maximum absolute atomic E-state index is 13.0. The minimum Gasteiger partial charge on any atom is -0.350 e. The van der Waals surface area contributed by atoms with E-state index in [1.54, 1.807) is 0 Å². The highest BCUT2D eigenvalue weighted by atomic mass is 16.2. The Morgan fingerprint density at radius 2 is 2.11 bits per heavy atom. The van der Waals surface area contributed by atoms with Gasteiger partial charge in [0, 0.05) is 36.6 Å². The maximum Gasteiger partial charge on any atom is 0.270 e. The van der Waals surface area contributed by atoms with Gasteiger partial charge in [0.2, 0.25) is 0 Å². The van der Waals surface area contributed by atoms with Crippen LogP contribution in [0, 0.1) is 0 Å². The molecule has 1 aliphatic heterocycles. The number of hydrogen-bond donors (Lipinski definition) is 2. The van der Waals surface area contributed by atoms with E-state index in [1.807, 2.05) is 64.4 Å². The van der Waals surface area contributed by atoms with Crippen molar-refractivity contribution < 1.29 is 4.79 Å². The molecule has 0 bridgehead atoms. The molecule has 1 aliphatic rings. The highest BCUT2D eigenvalue weighted by Gasteiger charge is 2.27. The smallest absolute Gasteiger partial charge is 0.270 e. The Balaban J connectivity index is 1.54. The number of carbonyl (C=O) groups is 1. The van der Waals surface area contributed by atoms with Crippen LogP contribution in [0.4, 0.5) is 0 Å². The molecule has 2 N–H and O–H groups in total. The molecule has 1 saturated heterocycles. The second-order valence-electron chi connectivity index (χ2n) is 6.94. The van der Waals surface area contributed by atoms with Crippen molar-refractivity contribution in [2.24, 2.45) is 0 Å². The van der Waals surface area contributed by atoms with Crippen molar-refractivity contribution in [3.05, 3.63) is 60.6 Å². The van der Waals surface area contributed by atoms with E-state index in [-0.39, 0.29) is 11.9 Å². The Morgan fingerprint density at radius 3 is 2.85 bits per heavy atom.